The number of fused-ring (bicyclic) bond motifs is 1. The Kier molecular flexibility index (Phi) is 6.20. The highest BCUT2D eigenvalue weighted by Crippen LogP contribution is 2.40. The van der Waals surface area contributed by atoms with Gasteiger partial charge in [0.2, 0.25) is 5.91 Å². The molecule has 1 amide bonds. The van der Waals surface area contributed by atoms with Crippen LogP contribution in [0.15, 0.2) is 64.2 Å². The van der Waals surface area contributed by atoms with Crippen LogP contribution in [0.4, 0.5) is 5.69 Å². The third kappa shape index (κ3) is 4.55. The highest BCUT2D eigenvalue weighted by Gasteiger charge is 2.30. The van der Waals surface area contributed by atoms with Crippen molar-refractivity contribution >= 4 is 28.6 Å². The predicted octanol–water partition coefficient (Wildman–Crippen LogP) is 3.47. The zero-order valence-electron chi connectivity index (χ0n) is 20.8. The first-order valence-electron chi connectivity index (χ1n) is 12.0. The maximum atomic E-state index is 13.8. The van der Waals surface area contributed by atoms with Gasteiger partial charge in [-0.05, 0) is 62.1 Å². The molecule has 188 valence electrons. The fraction of sp³-hybridized carbons (Fsp3) is 0.250. The zero-order chi connectivity index (χ0) is 26.3. The van der Waals surface area contributed by atoms with Crippen molar-refractivity contribution < 1.29 is 14.3 Å². The van der Waals surface area contributed by atoms with Gasteiger partial charge in [0.05, 0.1) is 23.7 Å². The molecule has 5 rings (SSSR count). The number of esters is 1. The number of anilines is 1. The number of rotatable bonds is 6. The first-order valence-corrected chi connectivity index (χ1v) is 12.0. The molecule has 2 heterocycles. The lowest BCUT2D eigenvalue weighted by Crippen LogP contribution is -2.43. The Balaban J connectivity index is 1.73. The molecule has 0 radical (unpaired) electrons. The van der Waals surface area contributed by atoms with Gasteiger partial charge in [-0.2, -0.15) is 0 Å². The normalized spacial score (nSPS) is 12.9. The lowest BCUT2D eigenvalue weighted by molar-refractivity contribution is -0.116. The van der Waals surface area contributed by atoms with Crippen LogP contribution in [-0.2, 0) is 16.1 Å². The highest BCUT2D eigenvalue weighted by atomic mass is 16.5. The van der Waals surface area contributed by atoms with Gasteiger partial charge in [-0.3, -0.25) is 9.59 Å². The molecule has 2 aromatic carbocycles. The summed E-state index contributed by atoms with van der Waals surface area (Å²) in [4.78, 5) is 57.9. The van der Waals surface area contributed by atoms with E-state index in [0.29, 0.717) is 17.1 Å². The van der Waals surface area contributed by atoms with Crippen LogP contribution in [0.25, 0.3) is 16.7 Å². The predicted molar refractivity (Wildman–Crippen MR) is 139 cm³/mol. The van der Waals surface area contributed by atoms with Crippen molar-refractivity contribution in [2.24, 2.45) is 0 Å². The molecule has 9 nitrogen and oxygen atoms in total. The van der Waals surface area contributed by atoms with Crippen molar-refractivity contribution in [3.8, 4) is 5.69 Å². The van der Waals surface area contributed by atoms with Gasteiger partial charge in [0.1, 0.15) is 6.54 Å². The number of ether oxygens (including phenoxy) is 1. The van der Waals surface area contributed by atoms with Gasteiger partial charge >= 0.3 is 11.7 Å². The first-order chi connectivity index (χ1) is 17.8. The number of nitrogens with one attached hydrogen (secondary N) is 1. The van der Waals surface area contributed by atoms with E-state index >= 15 is 0 Å². The first kappa shape index (κ1) is 24.2. The summed E-state index contributed by atoms with van der Waals surface area (Å²) < 4.78 is 7.09. The molecule has 0 saturated heterocycles. The van der Waals surface area contributed by atoms with Crippen LogP contribution in [0.1, 0.15) is 45.9 Å². The Bertz CT molecular complexity index is 1670. The smallest absolute Gasteiger partial charge is 0.338 e. The summed E-state index contributed by atoms with van der Waals surface area (Å²) in [5.74, 6) is -1.11. The van der Waals surface area contributed by atoms with Crippen molar-refractivity contribution in [1.29, 1.82) is 0 Å². The summed E-state index contributed by atoms with van der Waals surface area (Å²) >= 11 is 0. The van der Waals surface area contributed by atoms with E-state index in [1.54, 1.807) is 36.4 Å². The number of carbonyl (C=O) groups is 2. The molecular formula is C28H26N4O5. The minimum Gasteiger partial charge on any atom is -0.465 e. The number of pyridine rings is 1. The van der Waals surface area contributed by atoms with Crippen LogP contribution in [-0.4, -0.2) is 33.1 Å². The van der Waals surface area contributed by atoms with Gasteiger partial charge < -0.3 is 10.1 Å². The number of hydrogen-bond acceptors (Lipinski definition) is 6. The number of benzene rings is 2. The minimum atomic E-state index is -0.779. The maximum absolute atomic E-state index is 13.8. The SMILES string of the molecule is COC(=O)c1cc(C2CC2)nc2c1c(=O)n(CC(=O)Nc1cc(C)ccc1C)c(=O)n2-c1ccccc1. The molecule has 0 unspecified atom stereocenters. The van der Waals surface area contributed by atoms with Crippen molar-refractivity contribution in [3.05, 3.63) is 97.8 Å². The molecule has 0 bridgehead atoms. The Hall–Kier alpha value is -4.53. The average Bonchev–Trinajstić information content (AvgIpc) is 3.74. The average molecular weight is 499 g/mol. The van der Waals surface area contributed by atoms with E-state index in [4.69, 9.17) is 4.74 Å². The Morgan fingerprint density at radius 3 is 2.46 bits per heavy atom. The van der Waals surface area contributed by atoms with E-state index in [0.717, 1.165) is 28.5 Å². The molecule has 1 N–H and O–H groups in total. The van der Waals surface area contributed by atoms with Crippen LogP contribution in [0.5, 0.6) is 0 Å². The van der Waals surface area contributed by atoms with Crippen LogP contribution in [0.3, 0.4) is 0 Å². The minimum absolute atomic E-state index is 0.0211. The molecule has 2 aromatic heterocycles. The van der Waals surface area contributed by atoms with Gasteiger partial charge in [0, 0.05) is 17.3 Å². The number of para-hydroxylation sites is 1. The number of aryl methyl sites for hydroxylation is 2. The Morgan fingerprint density at radius 1 is 1.05 bits per heavy atom. The van der Waals surface area contributed by atoms with E-state index in [2.05, 4.69) is 10.3 Å². The summed E-state index contributed by atoms with van der Waals surface area (Å²) in [5, 5.41) is 2.72. The monoisotopic (exact) mass is 498 g/mol. The van der Waals surface area contributed by atoms with Gasteiger partial charge in [-0.15, -0.1) is 0 Å². The molecule has 4 aromatic rings. The Morgan fingerprint density at radius 2 is 1.78 bits per heavy atom. The van der Waals surface area contributed by atoms with Crippen molar-refractivity contribution in [3.63, 3.8) is 0 Å². The summed E-state index contributed by atoms with van der Waals surface area (Å²) in [6.07, 6.45) is 1.81. The standard InChI is InChI=1S/C28H26N4O5/c1-16-9-10-17(2)21(13-16)29-23(33)15-31-26(34)24-20(27(35)37-3)14-22(18-11-12-18)30-25(24)32(28(31)36)19-7-5-4-6-8-19/h4-10,13-14,18H,11-12,15H2,1-3H3,(H,29,33). The molecule has 1 saturated carbocycles. The number of methoxy groups -OCH3 is 1. The lowest BCUT2D eigenvalue weighted by atomic mass is 10.1. The summed E-state index contributed by atoms with van der Waals surface area (Å²) in [6.45, 7) is 3.21. The van der Waals surface area contributed by atoms with Crippen LogP contribution in [0.2, 0.25) is 0 Å². The van der Waals surface area contributed by atoms with Crippen molar-refractivity contribution in [2.75, 3.05) is 12.4 Å². The van der Waals surface area contributed by atoms with Crippen molar-refractivity contribution in [1.82, 2.24) is 14.1 Å². The van der Waals surface area contributed by atoms with Gasteiger partial charge in [0.15, 0.2) is 5.65 Å². The van der Waals surface area contributed by atoms with Crippen LogP contribution >= 0.6 is 0 Å². The number of amides is 1. The third-order valence-electron chi connectivity index (χ3n) is 6.50. The lowest BCUT2D eigenvalue weighted by Gasteiger charge is -2.16. The summed E-state index contributed by atoms with van der Waals surface area (Å²) in [6, 6.07) is 15.9. The van der Waals surface area contributed by atoms with Gasteiger partial charge in [0.25, 0.3) is 5.56 Å². The van der Waals surface area contributed by atoms with Crippen molar-refractivity contribution in [2.45, 2.75) is 39.2 Å². The fourth-order valence-corrected chi connectivity index (χ4v) is 4.37. The van der Waals surface area contributed by atoms with Crippen LogP contribution < -0.4 is 16.6 Å². The van der Waals surface area contributed by atoms with E-state index in [-0.39, 0.29) is 22.5 Å². The Labute approximate surface area is 212 Å². The van der Waals surface area contributed by atoms with E-state index in [1.807, 2.05) is 32.0 Å². The van der Waals surface area contributed by atoms with Gasteiger partial charge in [-0.1, -0.05) is 30.3 Å². The summed E-state index contributed by atoms with van der Waals surface area (Å²) in [7, 11) is 1.23. The third-order valence-corrected chi connectivity index (χ3v) is 6.50. The molecule has 1 aliphatic rings. The molecule has 37 heavy (non-hydrogen) atoms. The second kappa shape index (κ2) is 9.50. The summed E-state index contributed by atoms with van der Waals surface area (Å²) in [5.41, 5.74) is 2.05. The maximum Gasteiger partial charge on any atom is 0.338 e. The van der Waals surface area contributed by atoms with Gasteiger partial charge in [-0.25, -0.2) is 23.7 Å². The van der Waals surface area contributed by atoms with E-state index in [9.17, 15) is 19.2 Å². The van der Waals surface area contributed by atoms with E-state index in [1.165, 1.54) is 11.7 Å². The highest BCUT2D eigenvalue weighted by molar-refractivity contribution is 6.02. The molecule has 0 atom stereocenters. The molecule has 0 aliphatic heterocycles. The second-order valence-electron chi connectivity index (χ2n) is 9.27. The quantitative estimate of drug-likeness (QED) is 0.408. The zero-order valence-corrected chi connectivity index (χ0v) is 20.8. The molecule has 0 spiro atoms. The molecular weight excluding hydrogens is 472 g/mol. The number of aromatic nitrogens is 3. The number of carbonyl (C=O) groups excluding carboxylic acids is 2. The van der Waals surface area contributed by atoms with Crippen LogP contribution in [0, 0.1) is 13.8 Å². The number of nitrogens with zero attached hydrogens (tertiary/aromatic N) is 3. The fourth-order valence-electron chi connectivity index (χ4n) is 4.37. The largest absolute Gasteiger partial charge is 0.465 e. The second-order valence-corrected chi connectivity index (χ2v) is 9.27. The topological polar surface area (TPSA) is 112 Å². The molecule has 1 fully saturated rings. The molecule has 9 heteroatoms. The van der Waals surface area contributed by atoms with E-state index < -0.39 is 29.7 Å². The molecule has 1 aliphatic carbocycles. The number of hydrogen-bond donors (Lipinski definition) is 1.